The van der Waals surface area contributed by atoms with Gasteiger partial charge in [0.15, 0.2) is 11.4 Å². The highest BCUT2D eigenvalue weighted by Crippen LogP contribution is 2.43. The molecule has 3 heterocycles. The van der Waals surface area contributed by atoms with Gasteiger partial charge in [0.25, 0.3) is 0 Å². The molecular formula is C56H38N4O. The Hall–Kier alpha value is -7.76. The van der Waals surface area contributed by atoms with Crippen LogP contribution in [0.2, 0.25) is 0 Å². The van der Waals surface area contributed by atoms with Gasteiger partial charge in [0.1, 0.15) is 17.6 Å². The zero-order valence-corrected chi connectivity index (χ0v) is 33.4. The van der Waals surface area contributed by atoms with E-state index in [4.69, 9.17) is 14.4 Å². The highest BCUT2D eigenvalue weighted by Gasteiger charge is 2.40. The smallest absolute Gasteiger partial charge is 0.159 e. The highest BCUT2D eigenvalue weighted by molar-refractivity contribution is 6.19. The van der Waals surface area contributed by atoms with Crippen LogP contribution in [0.4, 0.5) is 0 Å². The van der Waals surface area contributed by atoms with Crippen molar-refractivity contribution in [1.82, 2.24) is 9.88 Å². The van der Waals surface area contributed by atoms with Crippen molar-refractivity contribution in [2.24, 2.45) is 9.98 Å². The standard InChI is InChI=1S/C56H38N4O/c1-56(28-12-17-35-14-5-9-21-47(35)56)55-58-53(39-26-27-42-38(29-39)25-24-34-13-4-6-18-41(34)42)57-54(59-55)40-31-46-44-20-8-11-23-51(44)61-52(46)50(33-40)60-48-22-10-7-19-43(48)45-30-36-15-2-3-16-37(36)32-49(45)60/h2-27,29-33,55H,28H2,1H3,(H,57,58,59). The van der Waals surface area contributed by atoms with E-state index < -0.39 is 0 Å². The second-order valence-corrected chi connectivity index (χ2v) is 16.8. The molecule has 0 fully saturated rings. The van der Waals surface area contributed by atoms with E-state index in [1.54, 1.807) is 0 Å². The van der Waals surface area contributed by atoms with E-state index in [1.807, 2.05) is 6.07 Å². The van der Waals surface area contributed by atoms with Crippen LogP contribution >= 0.6 is 0 Å². The van der Waals surface area contributed by atoms with E-state index in [0.29, 0.717) is 5.84 Å². The molecule has 0 amide bonds. The number of hydrogen-bond acceptors (Lipinski definition) is 4. The Labute approximate surface area is 351 Å². The van der Waals surface area contributed by atoms with Gasteiger partial charge < -0.3 is 14.3 Å². The number of furan rings is 1. The van der Waals surface area contributed by atoms with Gasteiger partial charge in [-0.15, -0.1) is 0 Å². The van der Waals surface area contributed by atoms with Crippen LogP contribution < -0.4 is 5.32 Å². The third kappa shape index (κ3) is 5.14. The summed E-state index contributed by atoms with van der Waals surface area (Å²) in [5.74, 6) is 1.49. The predicted octanol–water partition coefficient (Wildman–Crippen LogP) is 13.6. The lowest BCUT2D eigenvalue weighted by Crippen LogP contribution is -2.51. The van der Waals surface area contributed by atoms with Gasteiger partial charge in [-0.05, 0) is 92.3 Å². The van der Waals surface area contributed by atoms with E-state index >= 15 is 0 Å². The minimum absolute atomic E-state index is 0.312. The van der Waals surface area contributed by atoms with Crippen molar-refractivity contribution >= 4 is 93.8 Å². The molecule has 1 aliphatic heterocycles. The Kier molecular flexibility index (Phi) is 7.20. The zero-order valence-electron chi connectivity index (χ0n) is 33.4. The summed E-state index contributed by atoms with van der Waals surface area (Å²) in [4.78, 5) is 11.1. The molecule has 1 aliphatic carbocycles. The number of rotatable bonds is 4. The van der Waals surface area contributed by atoms with Gasteiger partial charge in [-0.1, -0.05) is 153 Å². The van der Waals surface area contributed by atoms with E-state index in [2.05, 4.69) is 199 Å². The maximum Gasteiger partial charge on any atom is 0.159 e. The first kappa shape index (κ1) is 34.1. The van der Waals surface area contributed by atoms with E-state index in [-0.39, 0.29) is 11.6 Å². The number of aliphatic imine (C=N–C) groups is 2. The molecule has 288 valence electrons. The Balaban J connectivity index is 1.08. The van der Waals surface area contributed by atoms with Crippen molar-refractivity contribution < 1.29 is 4.42 Å². The fourth-order valence-corrected chi connectivity index (χ4v) is 10.2. The highest BCUT2D eigenvalue weighted by atomic mass is 16.3. The van der Waals surface area contributed by atoms with E-state index in [1.165, 1.54) is 54.2 Å². The molecule has 1 N–H and O–H groups in total. The minimum atomic E-state index is -0.353. The molecule has 0 radical (unpaired) electrons. The van der Waals surface area contributed by atoms with Crippen molar-refractivity contribution in [3.63, 3.8) is 0 Å². The summed E-state index contributed by atoms with van der Waals surface area (Å²) in [6.07, 6.45) is 5.06. The van der Waals surface area contributed by atoms with Crippen molar-refractivity contribution in [3.8, 4) is 5.69 Å². The molecule has 2 aromatic heterocycles. The minimum Gasteiger partial charge on any atom is -0.454 e. The monoisotopic (exact) mass is 782 g/mol. The maximum atomic E-state index is 6.85. The molecule has 2 unspecified atom stereocenters. The van der Waals surface area contributed by atoms with Gasteiger partial charge in [-0.2, -0.15) is 0 Å². The van der Waals surface area contributed by atoms with Crippen LogP contribution in [0.1, 0.15) is 35.6 Å². The van der Waals surface area contributed by atoms with Gasteiger partial charge in [-0.25, -0.2) is 9.98 Å². The number of aromatic nitrogens is 1. The largest absolute Gasteiger partial charge is 0.454 e. The average Bonchev–Trinajstić information content (AvgIpc) is 3.85. The maximum absolute atomic E-state index is 6.85. The van der Waals surface area contributed by atoms with Gasteiger partial charge in [0.2, 0.25) is 0 Å². The number of allylic oxidation sites excluding steroid dienone is 1. The molecular weight excluding hydrogens is 745 g/mol. The van der Waals surface area contributed by atoms with Crippen LogP contribution in [0.15, 0.2) is 196 Å². The lowest BCUT2D eigenvalue weighted by atomic mass is 9.71. The zero-order chi connectivity index (χ0) is 40.2. The summed E-state index contributed by atoms with van der Waals surface area (Å²) in [6.45, 7) is 2.34. The number of amidine groups is 2. The molecule has 5 nitrogen and oxygen atoms in total. The summed E-state index contributed by atoms with van der Waals surface area (Å²) in [5, 5.41) is 15.7. The van der Waals surface area contributed by atoms with Gasteiger partial charge in [-0.3, -0.25) is 0 Å². The lowest BCUT2D eigenvalue weighted by Gasteiger charge is -2.40. The number of para-hydroxylation sites is 2. The summed E-state index contributed by atoms with van der Waals surface area (Å²) in [5.41, 5.74) is 8.96. The van der Waals surface area contributed by atoms with Crippen LogP contribution in [0.5, 0.6) is 0 Å². The van der Waals surface area contributed by atoms with E-state index in [0.717, 1.165) is 62.0 Å². The number of hydrogen-bond donors (Lipinski definition) is 1. The van der Waals surface area contributed by atoms with Gasteiger partial charge in [0.05, 0.1) is 16.7 Å². The number of benzene rings is 9. The molecule has 0 saturated heterocycles. The Morgan fingerprint density at radius 3 is 2.20 bits per heavy atom. The molecule has 9 aromatic carbocycles. The summed E-state index contributed by atoms with van der Waals surface area (Å²) in [7, 11) is 0. The van der Waals surface area contributed by atoms with Gasteiger partial charge >= 0.3 is 0 Å². The molecule has 61 heavy (non-hydrogen) atoms. The number of nitrogens with one attached hydrogen (secondary N) is 1. The molecule has 2 aliphatic rings. The first-order valence-electron chi connectivity index (χ1n) is 21.1. The molecule has 11 aromatic rings. The summed E-state index contributed by atoms with van der Waals surface area (Å²) < 4.78 is 9.23. The molecule has 5 heteroatoms. The predicted molar refractivity (Wildman–Crippen MR) is 254 cm³/mol. The summed E-state index contributed by atoms with van der Waals surface area (Å²) >= 11 is 0. The van der Waals surface area contributed by atoms with Crippen molar-refractivity contribution in [3.05, 3.63) is 204 Å². The number of fused-ring (bicyclic) bond motifs is 11. The van der Waals surface area contributed by atoms with Crippen LogP contribution in [0.25, 0.3) is 87.8 Å². The first-order chi connectivity index (χ1) is 30.1. The second-order valence-electron chi connectivity index (χ2n) is 16.8. The average molecular weight is 783 g/mol. The van der Waals surface area contributed by atoms with Crippen LogP contribution in [-0.2, 0) is 5.41 Å². The SMILES string of the molecule is CC1(C2N=C(c3cc(-n4c5ccccc5c5cc6ccccc6cc54)c4oc5ccccc5c4c3)N=C(c3ccc4c(ccc5ccccc54)c3)N2)CC=Cc2ccccc21. The fraction of sp³-hybridized carbons (Fsp3) is 0.0714. The normalized spacial score (nSPS) is 17.7. The quantitative estimate of drug-likeness (QED) is 0.181. The Morgan fingerprint density at radius 1 is 0.574 bits per heavy atom. The Bertz CT molecular complexity index is 3750. The number of nitrogens with zero attached hydrogens (tertiary/aromatic N) is 3. The molecule has 2 atom stereocenters. The Morgan fingerprint density at radius 2 is 1.30 bits per heavy atom. The summed E-state index contributed by atoms with van der Waals surface area (Å²) in [6, 6.07) is 63.2. The topological polar surface area (TPSA) is 54.8 Å². The van der Waals surface area contributed by atoms with Crippen molar-refractivity contribution in [1.29, 1.82) is 0 Å². The molecule has 0 bridgehead atoms. The third-order valence-corrected chi connectivity index (χ3v) is 13.3. The molecule has 13 rings (SSSR count). The van der Waals surface area contributed by atoms with Crippen molar-refractivity contribution in [2.75, 3.05) is 0 Å². The second kappa shape index (κ2) is 12.9. The molecule has 0 spiro atoms. The van der Waals surface area contributed by atoms with E-state index in [9.17, 15) is 0 Å². The van der Waals surface area contributed by atoms with Crippen LogP contribution in [0, 0.1) is 0 Å². The van der Waals surface area contributed by atoms with Crippen LogP contribution in [-0.4, -0.2) is 22.4 Å². The fourth-order valence-electron chi connectivity index (χ4n) is 10.2. The molecule has 0 saturated carbocycles. The third-order valence-electron chi connectivity index (χ3n) is 13.3. The van der Waals surface area contributed by atoms with Crippen LogP contribution in [0.3, 0.4) is 0 Å². The lowest BCUT2D eigenvalue weighted by molar-refractivity contribution is 0.355. The van der Waals surface area contributed by atoms with Crippen molar-refractivity contribution in [2.45, 2.75) is 24.9 Å². The first-order valence-corrected chi connectivity index (χ1v) is 21.1. The van der Waals surface area contributed by atoms with Gasteiger partial charge in [0, 0.05) is 38.1 Å².